The molecular weight excluding hydrogens is 458 g/mol. The minimum Gasteiger partial charge on any atom is -0.493 e. The first-order chi connectivity index (χ1) is 12.6. The highest BCUT2D eigenvalue weighted by atomic mass is 127. The summed E-state index contributed by atoms with van der Waals surface area (Å²) in [4.78, 5) is 8.64. The van der Waals surface area contributed by atoms with Crippen molar-refractivity contribution in [2.24, 2.45) is 4.99 Å². The van der Waals surface area contributed by atoms with E-state index in [9.17, 15) is 4.39 Å². The first-order valence-corrected chi connectivity index (χ1v) is 8.98. The Hall–Kier alpha value is -1.90. The standard InChI is InChI=1S/C20H27FN4O.HI/c1-4-11-26-19-12-15(3)8-9-16(19)13-24-20(22-5-2)25-14-18-17(21)7-6-10-23-18;/h6-10,12H,4-5,11,13-14H2,1-3H3,(H2,22,24,25);1H. The van der Waals surface area contributed by atoms with E-state index in [0.717, 1.165) is 23.3 Å². The Morgan fingerprint density at radius 3 is 2.74 bits per heavy atom. The minimum atomic E-state index is -0.329. The van der Waals surface area contributed by atoms with Crippen LogP contribution in [-0.4, -0.2) is 24.1 Å². The number of nitrogens with zero attached hydrogens (tertiary/aromatic N) is 2. The largest absolute Gasteiger partial charge is 0.493 e. The van der Waals surface area contributed by atoms with Gasteiger partial charge in [-0.3, -0.25) is 4.98 Å². The number of benzene rings is 1. The summed E-state index contributed by atoms with van der Waals surface area (Å²) in [6.07, 6.45) is 2.53. The van der Waals surface area contributed by atoms with Crippen molar-refractivity contribution in [2.75, 3.05) is 13.2 Å². The predicted molar refractivity (Wildman–Crippen MR) is 118 cm³/mol. The maximum absolute atomic E-state index is 13.7. The lowest BCUT2D eigenvalue weighted by atomic mass is 10.1. The van der Waals surface area contributed by atoms with E-state index in [0.29, 0.717) is 31.3 Å². The third kappa shape index (κ3) is 7.70. The maximum atomic E-state index is 13.7. The lowest BCUT2D eigenvalue weighted by Crippen LogP contribution is -2.37. The Morgan fingerprint density at radius 1 is 1.22 bits per heavy atom. The molecule has 0 atom stereocenters. The van der Waals surface area contributed by atoms with Crippen LogP contribution in [0.4, 0.5) is 4.39 Å². The molecule has 0 saturated heterocycles. The summed E-state index contributed by atoms with van der Waals surface area (Å²) in [6.45, 7) is 8.24. The van der Waals surface area contributed by atoms with E-state index in [2.05, 4.69) is 27.5 Å². The predicted octanol–water partition coefficient (Wildman–Crippen LogP) is 4.19. The Kier molecular flexibility index (Phi) is 10.7. The van der Waals surface area contributed by atoms with Crippen molar-refractivity contribution in [3.05, 3.63) is 59.2 Å². The van der Waals surface area contributed by atoms with E-state index >= 15 is 0 Å². The Bertz CT molecular complexity index is 740. The van der Waals surface area contributed by atoms with Gasteiger partial charge < -0.3 is 15.4 Å². The monoisotopic (exact) mass is 486 g/mol. The average Bonchev–Trinajstić information content (AvgIpc) is 2.64. The highest BCUT2D eigenvalue weighted by molar-refractivity contribution is 14.0. The van der Waals surface area contributed by atoms with Crippen LogP contribution < -0.4 is 15.4 Å². The molecule has 7 heteroatoms. The number of rotatable bonds is 8. The van der Waals surface area contributed by atoms with Gasteiger partial charge in [0.1, 0.15) is 11.6 Å². The van der Waals surface area contributed by atoms with Crippen molar-refractivity contribution in [1.29, 1.82) is 0 Å². The molecule has 0 saturated carbocycles. The van der Waals surface area contributed by atoms with Gasteiger partial charge in [-0.25, -0.2) is 9.38 Å². The second-order valence-electron chi connectivity index (χ2n) is 5.94. The fourth-order valence-electron chi connectivity index (χ4n) is 2.36. The number of aromatic nitrogens is 1. The molecule has 2 rings (SSSR count). The topological polar surface area (TPSA) is 58.5 Å². The van der Waals surface area contributed by atoms with Crippen LogP contribution >= 0.6 is 24.0 Å². The second kappa shape index (κ2) is 12.5. The lowest BCUT2D eigenvalue weighted by molar-refractivity contribution is 0.314. The second-order valence-corrected chi connectivity index (χ2v) is 5.94. The number of ether oxygens (including phenoxy) is 1. The van der Waals surface area contributed by atoms with Crippen molar-refractivity contribution in [3.63, 3.8) is 0 Å². The minimum absolute atomic E-state index is 0. The molecule has 0 fully saturated rings. The van der Waals surface area contributed by atoms with E-state index in [4.69, 9.17) is 4.74 Å². The molecule has 1 aromatic heterocycles. The molecule has 0 radical (unpaired) electrons. The molecule has 1 heterocycles. The van der Waals surface area contributed by atoms with Gasteiger partial charge in [-0.1, -0.05) is 19.1 Å². The van der Waals surface area contributed by atoms with Gasteiger partial charge in [0.2, 0.25) is 0 Å². The number of pyridine rings is 1. The van der Waals surface area contributed by atoms with Gasteiger partial charge in [0.05, 0.1) is 25.4 Å². The molecule has 0 unspecified atom stereocenters. The fraction of sp³-hybridized carbons (Fsp3) is 0.400. The SMILES string of the molecule is CCCOc1cc(C)ccc1CN=C(NCC)NCc1ncccc1F.I. The first-order valence-electron chi connectivity index (χ1n) is 8.98. The van der Waals surface area contributed by atoms with E-state index in [1.807, 2.05) is 32.0 Å². The summed E-state index contributed by atoms with van der Waals surface area (Å²) in [5, 5.41) is 6.28. The lowest BCUT2D eigenvalue weighted by Gasteiger charge is -2.13. The van der Waals surface area contributed by atoms with Crippen LogP contribution in [0.2, 0.25) is 0 Å². The quantitative estimate of drug-likeness (QED) is 0.334. The fourth-order valence-corrected chi connectivity index (χ4v) is 2.36. The molecule has 0 aliphatic carbocycles. The molecule has 5 nitrogen and oxygen atoms in total. The average molecular weight is 486 g/mol. The van der Waals surface area contributed by atoms with E-state index in [1.165, 1.54) is 6.07 Å². The van der Waals surface area contributed by atoms with Crippen molar-refractivity contribution in [2.45, 2.75) is 40.3 Å². The number of aliphatic imine (C=N–C) groups is 1. The summed E-state index contributed by atoms with van der Waals surface area (Å²) in [5.74, 6) is 1.14. The van der Waals surface area contributed by atoms with Gasteiger partial charge in [0, 0.05) is 18.3 Å². The summed E-state index contributed by atoms with van der Waals surface area (Å²) in [7, 11) is 0. The molecule has 0 spiro atoms. The van der Waals surface area contributed by atoms with Crippen molar-refractivity contribution in [1.82, 2.24) is 15.6 Å². The number of guanidine groups is 1. The van der Waals surface area contributed by atoms with Crippen LogP contribution in [0.25, 0.3) is 0 Å². The molecule has 2 aromatic rings. The summed E-state index contributed by atoms with van der Waals surface area (Å²) in [6, 6.07) is 9.09. The molecule has 0 bridgehead atoms. The molecule has 0 aliphatic heterocycles. The molecule has 27 heavy (non-hydrogen) atoms. The highest BCUT2D eigenvalue weighted by Gasteiger charge is 2.06. The van der Waals surface area contributed by atoms with Gasteiger partial charge >= 0.3 is 0 Å². The van der Waals surface area contributed by atoms with E-state index in [1.54, 1.807) is 12.3 Å². The van der Waals surface area contributed by atoms with Gasteiger partial charge in [-0.15, -0.1) is 24.0 Å². The molecule has 148 valence electrons. The molecule has 0 aliphatic rings. The summed E-state index contributed by atoms with van der Waals surface area (Å²) < 4.78 is 19.5. The van der Waals surface area contributed by atoms with Crippen LogP contribution in [0.15, 0.2) is 41.5 Å². The normalized spacial score (nSPS) is 10.9. The van der Waals surface area contributed by atoms with Gasteiger partial charge in [0.25, 0.3) is 0 Å². The number of nitrogens with one attached hydrogen (secondary N) is 2. The Labute approximate surface area is 177 Å². The number of hydrogen-bond acceptors (Lipinski definition) is 3. The highest BCUT2D eigenvalue weighted by Crippen LogP contribution is 2.21. The molecule has 0 amide bonds. The zero-order chi connectivity index (χ0) is 18.8. The molecule has 2 N–H and O–H groups in total. The van der Waals surface area contributed by atoms with E-state index < -0.39 is 0 Å². The Balaban J connectivity index is 0.00000364. The van der Waals surface area contributed by atoms with Crippen LogP contribution in [0.5, 0.6) is 5.75 Å². The van der Waals surface area contributed by atoms with E-state index in [-0.39, 0.29) is 36.3 Å². The van der Waals surface area contributed by atoms with Crippen molar-refractivity contribution >= 4 is 29.9 Å². The van der Waals surface area contributed by atoms with Crippen LogP contribution in [0.1, 0.15) is 37.1 Å². The molecule has 1 aromatic carbocycles. The summed E-state index contributed by atoms with van der Waals surface area (Å²) >= 11 is 0. The smallest absolute Gasteiger partial charge is 0.191 e. The van der Waals surface area contributed by atoms with Gasteiger partial charge in [-0.2, -0.15) is 0 Å². The van der Waals surface area contributed by atoms with Crippen molar-refractivity contribution < 1.29 is 9.13 Å². The zero-order valence-electron chi connectivity index (χ0n) is 16.1. The first kappa shape index (κ1) is 23.1. The summed E-state index contributed by atoms with van der Waals surface area (Å²) in [5.41, 5.74) is 2.53. The van der Waals surface area contributed by atoms with Gasteiger partial charge in [-0.05, 0) is 44.0 Å². The number of aryl methyl sites for hydroxylation is 1. The molecular formula is C20H28FIN4O. The van der Waals surface area contributed by atoms with Gasteiger partial charge in [0.15, 0.2) is 5.96 Å². The van der Waals surface area contributed by atoms with Crippen LogP contribution in [-0.2, 0) is 13.1 Å². The van der Waals surface area contributed by atoms with Crippen LogP contribution in [0, 0.1) is 12.7 Å². The Morgan fingerprint density at radius 2 is 2.04 bits per heavy atom. The van der Waals surface area contributed by atoms with Crippen LogP contribution in [0.3, 0.4) is 0 Å². The third-order valence-electron chi connectivity index (χ3n) is 3.69. The van der Waals surface area contributed by atoms with Crippen molar-refractivity contribution in [3.8, 4) is 5.75 Å². The third-order valence-corrected chi connectivity index (χ3v) is 3.69. The number of halogens is 2. The maximum Gasteiger partial charge on any atom is 0.191 e. The number of hydrogen-bond donors (Lipinski definition) is 2. The zero-order valence-corrected chi connectivity index (χ0v) is 18.4.